The largest absolute Gasteiger partial charge is 0.477 e. The number of anilines is 1. The summed E-state index contributed by atoms with van der Waals surface area (Å²) in [5.74, 6) is 0.941. The highest BCUT2D eigenvalue weighted by Gasteiger charge is 2.07. The number of nitrogens with zero attached hydrogens (tertiary/aromatic N) is 3. The van der Waals surface area contributed by atoms with E-state index in [1.165, 1.54) is 6.07 Å². The topological polar surface area (TPSA) is 80.0 Å². The van der Waals surface area contributed by atoms with Gasteiger partial charge in [-0.05, 0) is 18.1 Å². The fourth-order valence-corrected chi connectivity index (χ4v) is 1.89. The zero-order chi connectivity index (χ0) is 14.5. The van der Waals surface area contributed by atoms with Crippen molar-refractivity contribution in [1.29, 1.82) is 0 Å². The van der Waals surface area contributed by atoms with E-state index in [-0.39, 0.29) is 5.69 Å². The molecule has 0 radical (unpaired) electrons. The van der Waals surface area contributed by atoms with Crippen LogP contribution in [0.4, 0.5) is 5.82 Å². The SMILES string of the molecule is CC(C)Cn1ccnc1CNc1cccc(C(=O)O)n1. The standard InChI is InChI=1S/C14H18N4O2/c1-10(2)9-18-7-6-15-13(18)8-16-12-5-3-4-11(17-12)14(19)20/h3-7,10H,8-9H2,1-2H3,(H,16,17)(H,19,20). The van der Waals surface area contributed by atoms with Gasteiger partial charge in [0.25, 0.3) is 0 Å². The lowest BCUT2D eigenvalue weighted by Crippen LogP contribution is -2.12. The van der Waals surface area contributed by atoms with E-state index in [0.717, 1.165) is 12.4 Å². The molecule has 0 saturated heterocycles. The Morgan fingerprint density at radius 1 is 1.45 bits per heavy atom. The van der Waals surface area contributed by atoms with Crippen molar-refractivity contribution in [1.82, 2.24) is 14.5 Å². The number of carboxylic acids is 1. The van der Waals surface area contributed by atoms with Crippen molar-refractivity contribution in [3.05, 3.63) is 42.1 Å². The number of carboxylic acid groups (broad SMARTS) is 1. The van der Waals surface area contributed by atoms with E-state index in [4.69, 9.17) is 5.11 Å². The third kappa shape index (κ3) is 3.57. The number of hydrogen-bond donors (Lipinski definition) is 2. The first-order valence-electron chi connectivity index (χ1n) is 6.50. The van der Waals surface area contributed by atoms with Crippen LogP contribution in [0.3, 0.4) is 0 Å². The summed E-state index contributed by atoms with van der Waals surface area (Å²) in [5, 5.41) is 12.0. The summed E-state index contributed by atoms with van der Waals surface area (Å²) in [5.41, 5.74) is 0.0283. The van der Waals surface area contributed by atoms with Gasteiger partial charge in [0.15, 0.2) is 5.69 Å². The molecule has 0 saturated carbocycles. The number of aromatic carboxylic acids is 1. The summed E-state index contributed by atoms with van der Waals surface area (Å²) in [7, 11) is 0. The van der Waals surface area contributed by atoms with Gasteiger partial charge in [-0.25, -0.2) is 14.8 Å². The molecule has 0 aliphatic carbocycles. The molecule has 0 aliphatic rings. The summed E-state index contributed by atoms with van der Waals surface area (Å²) >= 11 is 0. The van der Waals surface area contributed by atoms with E-state index in [0.29, 0.717) is 18.3 Å². The number of nitrogens with one attached hydrogen (secondary N) is 1. The normalized spacial score (nSPS) is 10.8. The van der Waals surface area contributed by atoms with Gasteiger partial charge in [-0.3, -0.25) is 0 Å². The van der Waals surface area contributed by atoms with Crippen LogP contribution >= 0.6 is 0 Å². The molecule has 0 unspecified atom stereocenters. The van der Waals surface area contributed by atoms with E-state index in [1.807, 2.05) is 6.20 Å². The van der Waals surface area contributed by atoms with Gasteiger partial charge >= 0.3 is 5.97 Å². The molecule has 0 aromatic carbocycles. The minimum atomic E-state index is -1.03. The second-order valence-electron chi connectivity index (χ2n) is 4.96. The molecule has 0 amide bonds. The van der Waals surface area contributed by atoms with Gasteiger partial charge in [-0.2, -0.15) is 0 Å². The smallest absolute Gasteiger partial charge is 0.354 e. The minimum Gasteiger partial charge on any atom is -0.477 e. The van der Waals surface area contributed by atoms with Crippen molar-refractivity contribution < 1.29 is 9.90 Å². The second kappa shape index (κ2) is 6.18. The molecular formula is C14H18N4O2. The molecule has 106 valence electrons. The summed E-state index contributed by atoms with van der Waals surface area (Å²) in [6.07, 6.45) is 3.71. The number of carbonyl (C=O) groups is 1. The van der Waals surface area contributed by atoms with Gasteiger partial charge in [0.05, 0.1) is 6.54 Å². The highest BCUT2D eigenvalue weighted by atomic mass is 16.4. The molecule has 0 atom stereocenters. The van der Waals surface area contributed by atoms with Crippen LogP contribution in [0.1, 0.15) is 30.2 Å². The van der Waals surface area contributed by atoms with Gasteiger partial charge in [0, 0.05) is 18.9 Å². The fraction of sp³-hybridized carbons (Fsp3) is 0.357. The van der Waals surface area contributed by atoms with Gasteiger partial charge in [-0.1, -0.05) is 19.9 Å². The Bertz CT molecular complexity index is 592. The summed E-state index contributed by atoms with van der Waals surface area (Å²) < 4.78 is 2.08. The molecule has 2 heterocycles. The summed E-state index contributed by atoms with van der Waals surface area (Å²) in [6, 6.07) is 4.87. The average Bonchev–Trinajstić information content (AvgIpc) is 2.83. The van der Waals surface area contributed by atoms with Gasteiger partial charge in [0.2, 0.25) is 0 Å². The van der Waals surface area contributed by atoms with Crippen LogP contribution in [0.15, 0.2) is 30.6 Å². The first-order valence-corrected chi connectivity index (χ1v) is 6.50. The van der Waals surface area contributed by atoms with E-state index < -0.39 is 5.97 Å². The van der Waals surface area contributed by atoms with E-state index in [1.54, 1.807) is 18.3 Å². The lowest BCUT2D eigenvalue weighted by Gasteiger charge is -2.11. The molecule has 20 heavy (non-hydrogen) atoms. The molecule has 2 aromatic heterocycles. The molecular weight excluding hydrogens is 256 g/mol. The molecule has 2 rings (SSSR count). The average molecular weight is 274 g/mol. The van der Waals surface area contributed by atoms with Gasteiger partial charge < -0.3 is 15.0 Å². The third-order valence-electron chi connectivity index (χ3n) is 2.76. The molecule has 2 aromatic rings. The van der Waals surface area contributed by atoms with Crippen molar-refractivity contribution in [2.24, 2.45) is 5.92 Å². The van der Waals surface area contributed by atoms with E-state index in [2.05, 4.69) is 33.7 Å². The number of imidazole rings is 1. The Labute approximate surface area is 117 Å². The Morgan fingerprint density at radius 2 is 2.25 bits per heavy atom. The maximum Gasteiger partial charge on any atom is 0.354 e. The van der Waals surface area contributed by atoms with E-state index >= 15 is 0 Å². The van der Waals surface area contributed by atoms with Crippen molar-refractivity contribution in [2.45, 2.75) is 26.9 Å². The maximum absolute atomic E-state index is 10.9. The van der Waals surface area contributed by atoms with Crippen LogP contribution in [0.5, 0.6) is 0 Å². The summed E-state index contributed by atoms with van der Waals surface area (Å²) in [6.45, 7) is 5.71. The first-order chi connectivity index (χ1) is 9.56. The third-order valence-corrected chi connectivity index (χ3v) is 2.76. The van der Waals surface area contributed by atoms with E-state index in [9.17, 15) is 4.79 Å². The monoisotopic (exact) mass is 274 g/mol. The van der Waals surface area contributed by atoms with Crippen molar-refractivity contribution in [2.75, 3.05) is 5.32 Å². The molecule has 6 nitrogen and oxygen atoms in total. The molecule has 0 fully saturated rings. The second-order valence-corrected chi connectivity index (χ2v) is 4.96. The van der Waals surface area contributed by atoms with Crippen LogP contribution in [-0.4, -0.2) is 25.6 Å². The van der Waals surface area contributed by atoms with Crippen LogP contribution in [0, 0.1) is 5.92 Å². The first kappa shape index (κ1) is 14.0. The minimum absolute atomic E-state index is 0.0283. The van der Waals surface area contributed by atoms with Crippen molar-refractivity contribution in [3.63, 3.8) is 0 Å². The highest BCUT2D eigenvalue weighted by molar-refractivity contribution is 5.85. The van der Waals surface area contributed by atoms with Gasteiger partial charge in [0.1, 0.15) is 11.6 Å². The van der Waals surface area contributed by atoms with Crippen LogP contribution in [0.25, 0.3) is 0 Å². The van der Waals surface area contributed by atoms with Crippen LogP contribution in [-0.2, 0) is 13.1 Å². The molecule has 0 spiro atoms. The quantitative estimate of drug-likeness (QED) is 0.844. The zero-order valence-corrected chi connectivity index (χ0v) is 11.6. The lowest BCUT2D eigenvalue weighted by atomic mass is 10.2. The maximum atomic E-state index is 10.9. The summed E-state index contributed by atoms with van der Waals surface area (Å²) in [4.78, 5) is 19.2. The number of rotatable bonds is 6. The Balaban J connectivity index is 2.03. The Morgan fingerprint density at radius 3 is 2.95 bits per heavy atom. The molecule has 0 bridgehead atoms. The Hall–Kier alpha value is -2.37. The number of pyridine rings is 1. The molecule has 2 N–H and O–H groups in total. The van der Waals surface area contributed by atoms with Crippen molar-refractivity contribution in [3.8, 4) is 0 Å². The number of hydrogen-bond acceptors (Lipinski definition) is 4. The molecule has 6 heteroatoms. The lowest BCUT2D eigenvalue weighted by molar-refractivity contribution is 0.0690. The van der Waals surface area contributed by atoms with Crippen molar-refractivity contribution >= 4 is 11.8 Å². The van der Waals surface area contributed by atoms with Gasteiger partial charge in [-0.15, -0.1) is 0 Å². The van der Waals surface area contributed by atoms with Crippen LogP contribution < -0.4 is 5.32 Å². The predicted octanol–water partition coefficient (Wildman–Crippen LogP) is 2.24. The predicted molar refractivity (Wildman–Crippen MR) is 75.6 cm³/mol. The fourth-order valence-electron chi connectivity index (χ4n) is 1.89. The number of aromatic nitrogens is 3. The molecule has 0 aliphatic heterocycles. The Kier molecular flexibility index (Phi) is 4.34. The zero-order valence-electron chi connectivity index (χ0n) is 11.6. The highest BCUT2D eigenvalue weighted by Crippen LogP contribution is 2.08. The van der Waals surface area contributed by atoms with Crippen LogP contribution in [0.2, 0.25) is 0 Å².